The van der Waals surface area contributed by atoms with Gasteiger partial charge in [0.25, 0.3) is 0 Å². The van der Waals surface area contributed by atoms with E-state index in [0.717, 1.165) is 0 Å². The molecule has 0 fully saturated rings. The van der Waals surface area contributed by atoms with Gasteiger partial charge in [0.2, 0.25) is 0 Å². The van der Waals surface area contributed by atoms with E-state index >= 15 is 0 Å². The van der Waals surface area contributed by atoms with Crippen molar-refractivity contribution in [1.29, 1.82) is 0 Å². The second-order valence-electron chi connectivity index (χ2n) is 4.44. The summed E-state index contributed by atoms with van der Waals surface area (Å²) in [5.74, 6) is 0. The smallest absolute Gasteiger partial charge is 0.0624 e. The third kappa shape index (κ3) is 1.17. The SMILES string of the molecule is C1=Cc2c(n(-c3ccccc3)c3ccccc23)C=1. The minimum Gasteiger partial charge on any atom is -0.309 e. The number of fused-ring (bicyclic) bond motifs is 3. The van der Waals surface area contributed by atoms with Gasteiger partial charge in [-0.3, -0.25) is 0 Å². The molecule has 4 rings (SSSR count). The van der Waals surface area contributed by atoms with E-state index in [1.54, 1.807) is 0 Å². The summed E-state index contributed by atoms with van der Waals surface area (Å²) in [6.07, 6.45) is 4.12. The lowest BCUT2D eigenvalue weighted by Crippen LogP contribution is -1.95. The first-order chi connectivity index (χ1) is 8.95. The molecule has 0 bridgehead atoms. The lowest BCUT2D eigenvalue weighted by molar-refractivity contribution is 1.11. The highest BCUT2D eigenvalue weighted by atomic mass is 15.0. The van der Waals surface area contributed by atoms with E-state index in [4.69, 9.17) is 0 Å². The normalized spacial score (nSPS) is 12.2. The molecule has 18 heavy (non-hydrogen) atoms. The molecule has 1 aromatic heterocycles. The van der Waals surface area contributed by atoms with Crippen LogP contribution in [0.25, 0.3) is 28.7 Å². The van der Waals surface area contributed by atoms with Gasteiger partial charge in [-0.15, -0.1) is 5.73 Å². The van der Waals surface area contributed by atoms with Crippen LogP contribution in [-0.4, -0.2) is 4.57 Å². The average molecular weight is 229 g/mol. The van der Waals surface area contributed by atoms with Crippen molar-refractivity contribution in [2.75, 3.05) is 0 Å². The Hall–Kier alpha value is -2.50. The molecule has 0 radical (unpaired) electrons. The molecule has 2 aromatic carbocycles. The number of rotatable bonds is 1. The molecular formula is C17H11N. The van der Waals surface area contributed by atoms with Crippen molar-refractivity contribution in [2.24, 2.45) is 0 Å². The Morgan fingerprint density at radius 1 is 0.778 bits per heavy atom. The Bertz CT molecular complexity index is 800. The van der Waals surface area contributed by atoms with Crippen LogP contribution < -0.4 is 0 Å². The summed E-state index contributed by atoms with van der Waals surface area (Å²) in [5, 5.41) is 1.29. The lowest BCUT2D eigenvalue weighted by atomic mass is 10.1. The number of aromatic nitrogens is 1. The highest BCUT2D eigenvalue weighted by Crippen LogP contribution is 2.33. The van der Waals surface area contributed by atoms with E-state index in [-0.39, 0.29) is 0 Å². The van der Waals surface area contributed by atoms with Crippen molar-refractivity contribution in [3.05, 3.63) is 71.6 Å². The van der Waals surface area contributed by atoms with Crippen molar-refractivity contribution >= 4 is 23.1 Å². The molecule has 84 valence electrons. The van der Waals surface area contributed by atoms with Crippen molar-refractivity contribution in [1.82, 2.24) is 4.57 Å². The Kier molecular flexibility index (Phi) is 1.85. The molecule has 1 heterocycles. The number of hydrogen-bond donors (Lipinski definition) is 0. The number of para-hydroxylation sites is 2. The van der Waals surface area contributed by atoms with E-state index in [1.165, 1.54) is 27.8 Å². The highest BCUT2D eigenvalue weighted by Gasteiger charge is 2.16. The average Bonchev–Trinajstić information content (AvgIpc) is 2.99. The monoisotopic (exact) mass is 229 g/mol. The van der Waals surface area contributed by atoms with Crippen LogP contribution in [0, 0.1) is 0 Å². The summed E-state index contributed by atoms with van der Waals surface area (Å²) in [6.45, 7) is 0. The minimum absolute atomic E-state index is 1.20. The summed E-state index contributed by atoms with van der Waals surface area (Å²) >= 11 is 0. The maximum absolute atomic E-state index is 3.20. The summed E-state index contributed by atoms with van der Waals surface area (Å²) in [7, 11) is 0. The first-order valence-electron chi connectivity index (χ1n) is 6.06. The number of nitrogens with zero attached hydrogens (tertiary/aromatic N) is 1. The zero-order valence-corrected chi connectivity index (χ0v) is 9.80. The fourth-order valence-corrected chi connectivity index (χ4v) is 2.64. The van der Waals surface area contributed by atoms with Gasteiger partial charge in [-0.1, -0.05) is 36.4 Å². The molecule has 3 aromatic rings. The molecule has 0 saturated heterocycles. The van der Waals surface area contributed by atoms with Gasteiger partial charge in [0.15, 0.2) is 0 Å². The van der Waals surface area contributed by atoms with E-state index in [9.17, 15) is 0 Å². The van der Waals surface area contributed by atoms with Gasteiger partial charge in [-0.05, 0) is 24.3 Å². The van der Waals surface area contributed by atoms with Crippen molar-refractivity contribution in [3.63, 3.8) is 0 Å². The van der Waals surface area contributed by atoms with E-state index in [1.807, 2.05) is 6.07 Å². The molecule has 0 spiro atoms. The predicted molar refractivity (Wildman–Crippen MR) is 75.7 cm³/mol. The van der Waals surface area contributed by atoms with Crippen molar-refractivity contribution in [2.45, 2.75) is 0 Å². The zero-order valence-electron chi connectivity index (χ0n) is 9.80. The van der Waals surface area contributed by atoms with Crippen LogP contribution >= 0.6 is 0 Å². The van der Waals surface area contributed by atoms with Crippen LogP contribution in [0.4, 0.5) is 0 Å². The molecule has 0 atom stereocenters. The summed E-state index contributed by atoms with van der Waals surface area (Å²) in [4.78, 5) is 0. The Morgan fingerprint density at radius 2 is 1.56 bits per heavy atom. The fraction of sp³-hybridized carbons (Fsp3) is 0. The van der Waals surface area contributed by atoms with Gasteiger partial charge < -0.3 is 4.57 Å². The van der Waals surface area contributed by atoms with Crippen LogP contribution in [-0.2, 0) is 0 Å². The first kappa shape index (κ1) is 9.52. The topological polar surface area (TPSA) is 4.93 Å². The van der Waals surface area contributed by atoms with E-state index in [2.05, 4.69) is 71.0 Å². The molecule has 0 saturated carbocycles. The number of hydrogen-bond acceptors (Lipinski definition) is 0. The lowest BCUT2D eigenvalue weighted by Gasteiger charge is -2.07. The Balaban J connectivity index is 2.16. The van der Waals surface area contributed by atoms with Crippen LogP contribution in [0.2, 0.25) is 0 Å². The third-order valence-corrected chi connectivity index (χ3v) is 3.41. The number of benzene rings is 2. The van der Waals surface area contributed by atoms with Gasteiger partial charge in [0.1, 0.15) is 0 Å². The maximum Gasteiger partial charge on any atom is 0.0624 e. The van der Waals surface area contributed by atoms with Crippen molar-refractivity contribution in [3.8, 4) is 5.69 Å². The first-order valence-corrected chi connectivity index (χ1v) is 6.06. The van der Waals surface area contributed by atoms with Crippen LogP contribution in [0.3, 0.4) is 0 Å². The summed E-state index contributed by atoms with van der Waals surface area (Å²) in [6, 6.07) is 19.0. The molecule has 0 aliphatic heterocycles. The Morgan fingerprint density at radius 3 is 2.44 bits per heavy atom. The molecule has 1 aliphatic carbocycles. The second-order valence-corrected chi connectivity index (χ2v) is 4.44. The van der Waals surface area contributed by atoms with Gasteiger partial charge in [-0.25, -0.2) is 0 Å². The third-order valence-electron chi connectivity index (χ3n) is 3.41. The van der Waals surface area contributed by atoms with Crippen LogP contribution in [0.5, 0.6) is 0 Å². The van der Waals surface area contributed by atoms with Crippen LogP contribution in [0.15, 0.2) is 60.3 Å². The zero-order chi connectivity index (χ0) is 11.9. The predicted octanol–water partition coefficient (Wildman–Crippen LogP) is 4.27. The molecule has 0 amide bonds. The largest absolute Gasteiger partial charge is 0.309 e. The standard InChI is InChI=1S/C17H11N/c1-2-7-13(8-3-1)18-16-11-5-4-9-14(16)15-10-6-12-17(15)18/h1-5,7-12H. The minimum atomic E-state index is 1.20. The van der Waals surface area contributed by atoms with Gasteiger partial charge in [0.05, 0.1) is 11.2 Å². The second kappa shape index (κ2) is 3.49. The molecule has 1 heteroatoms. The van der Waals surface area contributed by atoms with Crippen molar-refractivity contribution < 1.29 is 0 Å². The van der Waals surface area contributed by atoms with Crippen LogP contribution in [0.1, 0.15) is 11.3 Å². The molecule has 0 unspecified atom stereocenters. The van der Waals surface area contributed by atoms with Gasteiger partial charge in [-0.2, -0.15) is 0 Å². The molecule has 0 N–H and O–H groups in total. The quantitative estimate of drug-likeness (QED) is 0.429. The fourth-order valence-electron chi connectivity index (χ4n) is 2.64. The highest BCUT2D eigenvalue weighted by molar-refractivity contribution is 5.97. The van der Waals surface area contributed by atoms with E-state index < -0.39 is 0 Å². The summed E-state index contributed by atoms with van der Waals surface area (Å²) < 4.78 is 2.29. The van der Waals surface area contributed by atoms with E-state index in [0.29, 0.717) is 0 Å². The molecule has 1 nitrogen and oxygen atoms in total. The molecular weight excluding hydrogens is 218 g/mol. The van der Waals surface area contributed by atoms with Gasteiger partial charge >= 0.3 is 0 Å². The Labute approximate surface area is 105 Å². The maximum atomic E-state index is 3.20. The van der Waals surface area contributed by atoms with Gasteiger partial charge in [0, 0.05) is 22.7 Å². The molecule has 1 aliphatic rings. The summed E-state index contributed by atoms with van der Waals surface area (Å²) in [5.41, 5.74) is 8.15.